The Labute approximate surface area is 131 Å². The van der Waals surface area contributed by atoms with Crippen LogP contribution >= 0.6 is 19.4 Å². The summed E-state index contributed by atoms with van der Waals surface area (Å²) >= 11 is 1.56. The van der Waals surface area contributed by atoms with Crippen LogP contribution in [0.2, 0.25) is 0 Å². The van der Waals surface area contributed by atoms with E-state index in [4.69, 9.17) is 9.79 Å². The highest BCUT2D eigenvalue weighted by Gasteiger charge is 2.51. The van der Waals surface area contributed by atoms with Crippen LogP contribution in [0.3, 0.4) is 0 Å². The minimum Gasteiger partial charge on any atom is -0.320 e. The Bertz CT molecular complexity index is 701. The van der Waals surface area contributed by atoms with Crippen molar-refractivity contribution in [1.29, 1.82) is 0 Å². The highest BCUT2D eigenvalue weighted by atomic mass is 32.2. The van der Waals surface area contributed by atoms with E-state index >= 15 is 0 Å². The molecule has 118 valence electrons. The molecule has 0 aliphatic carbocycles. The summed E-state index contributed by atoms with van der Waals surface area (Å²) in [5.74, 6) is 0.590. The van der Waals surface area contributed by atoms with Crippen LogP contribution in [0, 0.1) is 6.92 Å². The molecule has 22 heavy (non-hydrogen) atoms. The molecule has 0 aliphatic rings. The van der Waals surface area contributed by atoms with E-state index in [1.807, 2.05) is 30.3 Å². The van der Waals surface area contributed by atoms with Crippen LogP contribution in [0.25, 0.3) is 0 Å². The van der Waals surface area contributed by atoms with E-state index in [0.717, 1.165) is 16.5 Å². The third kappa shape index (κ3) is 3.76. The molecule has 2 N–H and O–H groups in total. The monoisotopic (exact) mass is 344 g/mol. The maximum atomic E-state index is 13.7. The zero-order chi connectivity index (χ0) is 16.4. The van der Waals surface area contributed by atoms with E-state index in [1.165, 1.54) is 19.1 Å². The van der Waals surface area contributed by atoms with Gasteiger partial charge in [-0.15, -0.1) is 11.8 Å². The predicted octanol–water partition coefficient (Wildman–Crippen LogP) is 4.51. The molecule has 0 radical (unpaired) electrons. The molecule has 0 atom stereocenters. The second kappa shape index (κ2) is 6.50. The largest absolute Gasteiger partial charge is 0.399 e. The van der Waals surface area contributed by atoms with E-state index in [-0.39, 0.29) is 5.56 Å². The molecular weight excluding hydrogens is 329 g/mol. The minimum absolute atomic E-state index is 0.166. The molecular formula is C15H15F2O3PS. The van der Waals surface area contributed by atoms with Gasteiger partial charge in [0, 0.05) is 16.2 Å². The summed E-state index contributed by atoms with van der Waals surface area (Å²) in [5, 5.41) is 0. The van der Waals surface area contributed by atoms with E-state index < -0.39 is 18.8 Å². The molecule has 0 heterocycles. The molecule has 0 spiro atoms. The van der Waals surface area contributed by atoms with Crippen LogP contribution in [-0.2, 0) is 16.0 Å². The van der Waals surface area contributed by atoms with E-state index in [1.54, 1.807) is 11.8 Å². The van der Waals surface area contributed by atoms with Crippen molar-refractivity contribution in [3.05, 3.63) is 65.2 Å². The van der Waals surface area contributed by atoms with Crippen molar-refractivity contribution in [2.45, 2.75) is 23.2 Å². The van der Waals surface area contributed by atoms with Crippen molar-refractivity contribution in [3.8, 4) is 0 Å². The molecule has 0 bridgehead atoms. The summed E-state index contributed by atoms with van der Waals surface area (Å²) in [6.07, 6.45) is 0. The fraction of sp³-hybridized carbons (Fsp3) is 0.200. The van der Waals surface area contributed by atoms with Crippen molar-refractivity contribution in [2.75, 3.05) is 0 Å². The standard InChI is InChI=1S/C15H15F2O3PS/c1-11-9-12(10-22-13-5-3-2-4-6-13)7-8-14(11)15(16,17)21(18,19)20/h2-9H,10H2,1H3,(H2,18,19,20). The third-order valence-corrected chi connectivity index (χ3v) is 5.19. The van der Waals surface area contributed by atoms with Crippen LogP contribution in [-0.4, -0.2) is 9.79 Å². The van der Waals surface area contributed by atoms with Gasteiger partial charge in [-0.3, -0.25) is 4.57 Å². The first kappa shape index (κ1) is 17.2. The van der Waals surface area contributed by atoms with Gasteiger partial charge in [0.05, 0.1) is 0 Å². The van der Waals surface area contributed by atoms with E-state index in [2.05, 4.69) is 0 Å². The summed E-state index contributed by atoms with van der Waals surface area (Å²) in [7, 11) is -5.53. The van der Waals surface area contributed by atoms with Gasteiger partial charge in [0.25, 0.3) is 0 Å². The summed E-state index contributed by atoms with van der Waals surface area (Å²) in [5.41, 5.74) is -3.81. The number of benzene rings is 2. The van der Waals surface area contributed by atoms with Crippen LogP contribution in [0.5, 0.6) is 0 Å². The molecule has 0 saturated carbocycles. The number of rotatable bonds is 5. The van der Waals surface area contributed by atoms with Gasteiger partial charge in [0.2, 0.25) is 0 Å². The van der Waals surface area contributed by atoms with Crippen LogP contribution in [0.15, 0.2) is 53.4 Å². The van der Waals surface area contributed by atoms with Crippen molar-refractivity contribution in [3.63, 3.8) is 0 Å². The Balaban J connectivity index is 2.18. The molecule has 0 aliphatic heterocycles. The normalized spacial score (nSPS) is 12.4. The number of hydrogen-bond acceptors (Lipinski definition) is 2. The molecule has 2 aromatic carbocycles. The Kier molecular flexibility index (Phi) is 5.07. The van der Waals surface area contributed by atoms with Gasteiger partial charge >= 0.3 is 13.3 Å². The summed E-state index contributed by atoms with van der Waals surface area (Å²) in [6.45, 7) is 1.43. The molecule has 0 aromatic heterocycles. The van der Waals surface area contributed by atoms with Gasteiger partial charge in [0.1, 0.15) is 0 Å². The topological polar surface area (TPSA) is 57.5 Å². The van der Waals surface area contributed by atoms with Gasteiger partial charge in [-0.05, 0) is 30.2 Å². The first-order chi connectivity index (χ1) is 10.2. The number of hydrogen-bond donors (Lipinski definition) is 2. The Hall–Kier alpha value is -1.20. The smallest absolute Gasteiger partial charge is 0.320 e. The Morgan fingerprint density at radius 3 is 2.32 bits per heavy atom. The highest BCUT2D eigenvalue weighted by molar-refractivity contribution is 7.98. The highest BCUT2D eigenvalue weighted by Crippen LogP contribution is 2.59. The van der Waals surface area contributed by atoms with Crippen LogP contribution in [0.1, 0.15) is 16.7 Å². The van der Waals surface area contributed by atoms with Gasteiger partial charge in [-0.25, -0.2) is 0 Å². The SMILES string of the molecule is Cc1cc(CSc2ccccc2)ccc1C(F)(F)P(=O)(O)O. The van der Waals surface area contributed by atoms with Crippen molar-refractivity contribution in [2.24, 2.45) is 0 Å². The average molecular weight is 344 g/mol. The van der Waals surface area contributed by atoms with Gasteiger partial charge in [-0.2, -0.15) is 8.78 Å². The molecule has 2 aromatic rings. The lowest BCUT2D eigenvalue weighted by molar-refractivity contribution is 0.0558. The molecule has 2 rings (SSSR count). The molecule has 0 amide bonds. The lowest BCUT2D eigenvalue weighted by atomic mass is 10.1. The number of aryl methyl sites for hydroxylation is 1. The Morgan fingerprint density at radius 1 is 1.14 bits per heavy atom. The lowest BCUT2D eigenvalue weighted by Crippen LogP contribution is -2.15. The average Bonchev–Trinajstić information content (AvgIpc) is 2.45. The minimum atomic E-state index is -5.53. The lowest BCUT2D eigenvalue weighted by Gasteiger charge is -2.20. The van der Waals surface area contributed by atoms with Crippen molar-refractivity contribution in [1.82, 2.24) is 0 Å². The molecule has 0 unspecified atom stereocenters. The number of alkyl halides is 2. The molecule has 7 heteroatoms. The summed E-state index contributed by atoms with van der Waals surface area (Å²) in [6, 6.07) is 13.7. The van der Waals surface area contributed by atoms with Crippen molar-refractivity contribution < 1.29 is 23.1 Å². The number of thioether (sulfide) groups is 1. The molecule has 3 nitrogen and oxygen atoms in total. The van der Waals surface area contributed by atoms with E-state index in [0.29, 0.717) is 5.75 Å². The molecule has 0 fully saturated rings. The first-order valence-corrected chi connectivity index (χ1v) is 9.03. The van der Waals surface area contributed by atoms with Crippen LogP contribution in [0.4, 0.5) is 8.78 Å². The maximum absolute atomic E-state index is 13.7. The zero-order valence-corrected chi connectivity index (χ0v) is 13.5. The maximum Gasteiger partial charge on any atom is 0.399 e. The fourth-order valence-electron chi connectivity index (χ4n) is 1.99. The third-order valence-electron chi connectivity index (χ3n) is 3.13. The second-order valence-electron chi connectivity index (χ2n) is 4.84. The number of halogens is 2. The zero-order valence-electron chi connectivity index (χ0n) is 11.7. The predicted molar refractivity (Wildman–Crippen MR) is 83.1 cm³/mol. The summed E-state index contributed by atoms with van der Waals surface area (Å²) < 4.78 is 38.4. The van der Waals surface area contributed by atoms with Crippen molar-refractivity contribution >= 4 is 19.4 Å². The van der Waals surface area contributed by atoms with Gasteiger partial charge in [0.15, 0.2) is 0 Å². The van der Waals surface area contributed by atoms with Gasteiger partial charge < -0.3 is 9.79 Å². The summed E-state index contributed by atoms with van der Waals surface area (Å²) in [4.78, 5) is 18.7. The first-order valence-electron chi connectivity index (χ1n) is 6.43. The Morgan fingerprint density at radius 2 is 1.77 bits per heavy atom. The van der Waals surface area contributed by atoms with Gasteiger partial charge in [-0.1, -0.05) is 36.4 Å². The quantitative estimate of drug-likeness (QED) is 0.619. The fourth-order valence-corrected chi connectivity index (χ4v) is 3.42. The van der Waals surface area contributed by atoms with Crippen LogP contribution < -0.4 is 0 Å². The molecule has 0 saturated heterocycles. The second-order valence-corrected chi connectivity index (χ2v) is 7.53. The van der Waals surface area contributed by atoms with E-state index in [9.17, 15) is 13.3 Å².